The highest BCUT2D eigenvalue weighted by Crippen LogP contribution is 2.50. The van der Waals surface area contributed by atoms with E-state index in [4.69, 9.17) is 4.74 Å². The first-order valence-corrected chi connectivity index (χ1v) is 11.4. The summed E-state index contributed by atoms with van der Waals surface area (Å²) in [7, 11) is 0. The van der Waals surface area contributed by atoms with Crippen molar-refractivity contribution in [2.24, 2.45) is 11.8 Å². The van der Waals surface area contributed by atoms with E-state index in [1.165, 1.54) is 12.1 Å². The van der Waals surface area contributed by atoms with Crippen LogP contribution in [0.2, 0.25) is 0 Å². The van der Waals surface area contributed by atoms with Crippen molar-refractivity contribution in [3.8, 4) is 5.75 Å². The lowest BCUT2D eigenvalue weighted by atomic mass is 9.79. The fourth-order valence-corrected chi connectivity index (χ4v) is 5.07. The molecule has 2 aliphatic carbocycles. The number of carboxylic acid groups (broad SMARTS) is 1. The van der Waals surface area contributed by atoms with Gasteiger partial charge in [-0.3, -0.25) is 0 Å². The Morgan fingerprint density at radius 1 is 1.09 bits per heavy atom. The maximum absolute atomic E-state index is 15.0. The van der Waals surface area contributed by atoms with Crippen LogP contribution in [-0.4, -0.2) is 23.4 Å². The fourth-order valence-electron chi connectivity index (χ4n) is 5.07. The van der Waals surface area contributed by atoms with Crippen LogP contribution in [0.15, 0.2) is 42.5 Å². The summed E-state index contributed by atoms with van der Waals surface area (Å²) < 4.78 is 48.6. The summed E-state index contributed by atoms with van der Waals surface area (Å²) in [5, 5.41) is 9.38. The minimum atomic E-state index is -2.33. The van der Waals surface area contributed by atoms with E-state index < -0.39 is 23.4 Å². The van der Waals surface area contributed by atoms with Crippen LogP contribution in [0.3, 0.4) is 0 Å². The maximum Gasteiger partial charge on any atom is 0.341 e. The Balaban J connectivity index is 1.36. The van der Waals surface area contributed by atoms with Crippen molar-refractivity contribution in [1.29, 1.82) is 0 Å². The molecule has 0 radical (unpaired) electrons. The lowest BCUT2D eigenvalue weighted by molar-refractivity contribution is -0.151. The summed E-state index contributed by atoms with van der Waals surface area (Å²) in [6, 6.07) is 10.7. The predicted molar refractivity (Wildman–Crippen MR) is 116 cm³/mol. The molecule has 2 aromatic rings. The first kappa shape index (κ1) is 22.7. The first-order chi connectivity index (χ1) is 15.3. The van der Waals surface area contributed by atoms with E-state index in [-0.39, 0.29) is 17.7 Å². The standard InChI is InChI=1S/C26H29F3O3/c1-26(29,25(30)31)24(18-9-10-18)19-3-2-4-21(13-19)32-15-16-5-7-17(8-6-16)22-14-20(27)11-12-23(22)28/h2-4,11-14,16-18,24H,5-10,15H2,1H3,(H,30,31)/t16?,17?,24-,26?/m0/s1. The largest absolute Gasteiger partial charge is 0.493 e. The van der Waals surface area contributed by atoms with E-state index in [1.54, 1.807) is 24.3 Å². The van der Waals surface area contributed by atoms with E-state index in [0.29, 0.717) is 29.4 Å². The van der Waals surface area contributed by atoms with Gasteiger partial charge in [0, 0.05) is 5.92 Å². The molecule has 2 atom stereocenters. The molecule has 3 nitrogen and oxygen atoms in total. The van der Waals surface area contributed by atoms with Gasteiger partial charge in [-0.1, -0.05) is 12.1 Å². The van der Waals surface area contributed by atoms with Crippen LogP contribution < -0.4 is 4.74 Å². The number of rotatable bonds is 8. The topological polar surface area (TPSA) is 46.5 Å². The number of carbonyl (C=O) groups is 1. The van der Waals surface area contributed by atoms with Gasteiger partial charge in [-0.25, -0.2) is 18.0 Å². The van der Waals surface area contributed by atoms with Gasteiger partial charge in [0.2, 0.25) is 5.67 Å². The van der Waals surface area contributed by atoms with Crippen LogP contribution >= 0.6 is 0 Å². The second-order valence-electron chi connectivity index (χ2n) is 9.46. The summed E-state index contributed by atoms with van der Waals surface area (Å²) in [5.41, 5.74) is -1.22. The number of hydrogen-bond acceptors (Lipinski definition) is 2. The highest BCUT2D eigenvalue weighted by atomic mass is 19.1. The van der Waals surface area contributed by atoms with Crippen LogP contribution in [-0.2, 0) is 4.79 Å². The summed E-state index contributed by atoms with van der Waals surface area (Å²) >= 11 is 0. The summed E-state index contributed by atoms with van der Waals surface area (Å²) in [6.45, 7) is 1.63. The molecular weight excluding hydrogens is 417 g/mol. The summed E-state index contributed by atoms with van der Waals surface area (Å²) in [4.78, 5) is 11.5. The third-order valence-electron chi connectivity index (χ3n) is 7.04. The molecular formula is C26H29F3O3. The van der Waals surface area contributed by atoms with Crippen LogP contribution in [0.4, 0.5) is 13.2 Å². The summed E-state index contributed by atoms with van der Waals surface area (Å²) in [5.74, 6) is -1.94. The van der Waals surface area contributed by atoms with Crippen molar-refractivity contribution < 1.29 is 27.8 Å². The molecule has 2 aliphatic rings. The van der Waals surface area contributed by atoms with Crippen molar-refractivity contribution in [2.75, 3.05) is 6.61 Å². The Labute approximate surface area is 186 Å². The Hall–Kier alpha value is -2.50. The number of halogens is 3. The van der Waals surface area contributed by atoms with Gasteiger partial charge in [0.1, 0.15) is 17.4 Å². The van der Waals surface area contributed by atoms with Crippen molar-refractivity contribution in [3.63, 3.8) is 0 Å². The molecule has 0 saturated heterocycles. The van der Waals surface area contributed by atoms with Crippen LogP contribution in [0.25, 0.3) is 0 Å². The van der Waals surface area contributed by atoms with E-state index in [0.717, 1.165) is 51.5 Å². The van der Waals surface area contributed by atoms with Crippen LogP contribution in [0.1, 0.15) is 68.4 Å². The van der Waals surface area contributed by atoms with E-state index in [1.807, 2.05) is 0 Å². The molecule has 2 saturated carbocycles. The highest BCUT2D eigenvalue weighted by molar-refractivity contribution is 5.78. The zero-order valence-corrected chi connectivity index (χ0v) is 18.2. The van der Waals surface area contributed by atoms with Crippen LogP contribution in [0, 0.1) is 23.5 Å². The van der Waals surface area contributed by atoms with Crippen molar-refractivity contribution in [3.05, 3.63) is 65.2 Å². The van der Waals surface area contributed by atoms with Gasteiger partial charge in [0.25, 0.3) is 0 Å². The molecule has 1 unspecified atom stereocenters. The normalized spacial score (nSPS) is 23.9. The van der Waals surface area contributed by atoms with Gasteiger partial charge < -0.3 is 9.84 Å². The second kappa shape index (κ2) is 9.16. The third-order valence-corrected chi connectivity index (χ3v) is 7.04. The third kappa shape index (κ3) is 4.94. The predicted octanol–water partition coefficient (Wildman–Crippen LogP) is 6.62. The Morgan fingerprint density at radius 2 is 1.81 bits per heavy atom. The Kier molecular flexibility index (Phi) is 6.50. The smallest absolute Gasteiger partial charge is 0.341 e. The fraction of sp³-hybridized carbons (Fsp3) is 0.500. The van der Waals surface area contributed by atoms with Crippen LogP contribution in [0.5, 0.6) is 5.75 Å². The average molecular weight is 447 g/mol. The van der Waals surface area contributed by atoms with Crippen molar-refractivity contribution in [2.45, 2.75) is 63.0 Å². The molecule has 0 heterocycles. The van der Waals surface area contributed by atoms with Gasteiger partial charge in [0.05, 0.1) is 6.61 Å². The molecule has 172 valence electrons. The molecule has 2 aromatic carbocycles. The molecule has 0 amide bonds. The zero-order chi connectivity index (χ0) is 22.9. The Bertz CT molecular complexity index is 963. The number of ether oxygens (including phenoxy) is 1. The quantitative estimate of drug-likeness (QED) is 0.495. The number of aliphatic carboxylic acids is 1. The van der Waals surface area contributed by atoms with Crippen molar-refractivity contribution in [1.82, 2.24) is 0 Å². The molecule has 0 aromatic heterocycles. The first-order valence-electron chi connectivity index (χ1n) is 11.4. The minimum Gasteiger partial charge on any atom is -0.493 e. The van der Waals surface area contributed by atoms with Gasteiger partial charge in [-0.2, -0.15) is 0 Å². The van der Waals surface area contributed by atoms with Gasteiger partial charge in [0.15, 0.2) is 0 Å². The number of hydrogen-bond donors (Lipinski definition) is 1. The maximum atomic E-state index is 15.0. The van der Waals surface area contributed by atoms with E-state index in [9.17, 15) is 18.7 Å². The van der Waals surface area contributed by atoms with E-state index in [2.05, 4.69) is 0 Å². The average Bonchev–Trinajstić information content (AvgIpc) is 3.59. The van der Waals surface area contributed by atoms with Gasteiger partial charge in [-0.05, 0) is 105 Å². The number of carboxylic acids is 1. The van der Waals surface area contributed by atoms with E-state index >= 15 is 4.39 Å². The summed E-state index contributed by atoms with van der Waals surface area (Å²) in [6.07, 6.45) is 4.92. The number of benzene rings is 2. The molecule has 0 spiro atoms. The molecule has 1 N–H and O–H groups in total. The SMILES string of the molecule is CC(F)(C(=O)O)[C@H](c1cccc(OCC2CCC(c3cc(F)ccc3F)CC2)c1)C1CC1. The second-order valence-corrected chi connectivity index (χ2v) is 9.46. The lowest BCUT2D eigenvalue weighted by Crippen LogP contribution is -2.38. The van der Waals surface area contributed by atoms with Crippen molar-refractivity contribution >= 4 is 5.97 Å². The Morgan fingerprint density at radius 3 is 2.47 bits per heavy atom. The molecule has 6 heteroatoms. The number of alkyl halides is 1. The minimum absolute atomic E-state index is 0.0165. The monoisotopic (exact) mass is 446 g/mol. The van der Waals surface area contributed by atoms with Gasteiger partial charge in [-0.15, -0.1) is 0 Å². The molecule has 2 fully saturated rings. The highest BCUT2D eigenvalue weighted by Gasteiger charge is 2.50. The molecule has 0 bridgehead atoms. The lowest BCUT2D eigenvalue weighted by Gasteiger charge is -2.29. The van der Waals surface area contributed by atoms with Gasteiger partial charge >= 0.3 is 5.97 Å². The molecule has 4 rings (SSSR count). The zero-order valence-electron chi connectivity index (χ0n) is 18.2. The molecule has 0 aliphatic heterocycles. The molecule has 32 heavy (non-hydrogen) atoms.